The number of hydrogen-bond acceptors (Lipinski definition) is 4. The van der Waals surface area contributed by atoms with E-state index in [9.17, 15) is 0 Å². The quantitative estimate of drug-likeness (QED) is 0.618. The first-order chi connectivity index (χ1) is 9.25. The Morgan fingerprint density at radius 2 is 1.95 bits per heavy atom. The molecule has 0 saturated carbocycles. The molecule has 19 heavy (non-hydrogen) atoms. The summed E-state index contributed by atoms with van der Waals surface area (Å²) in [5, 5.41) is 3.23. The number of nitrogens with one attached hydrogen (secondary N) is 3. The minimum absolute atomic E-state index is 0.474. The molecule has 1 fully saturated rings. The van der Waals surface area contributed by atoms with Gasteiger partial charge in [-0.1, -0.05) is 25.7 Å². The van der Waals surface area contributed by atoms with Crippen LogP contribution in [0.15, 0.2) is 0 Å². The molecule has 0 aliphatic carbocycles. The van der Waals surface area contributed by atoms with Crippen molar-refractivity contribution in [2.75, 3.05) is 34.2 Å². The van der Waals surface area contributed by atoms with E-state index in [0.29, 0.717) is 6.17 Å². The lowest BCUT2D eigenvalue weighted by Crippen LogP contribution is -2.52. The number of hydrazine groups is 1. The Morgan fingerprint density at radius 1 is 1.11 bits per heavy atom. The van der Waals surface area contributed by atoms with Crippen LogP contribution in [0, 0.1) is 5.92 Å². The van der Waals surface area contributed by atoms with Gasteiger partial charge < -0.3 is 5.32 Å². The minimum Gasteiger partial charge on any atom is -0.320 e. The van der Waals surface area contributed by atoms with E-state index in [1.807, 2.05) is 7.05 Å². The maximum absolute atomic E-state index is 3.53. The highest BCUT2D eigenvalue weighted by atomic mass is 15.4. The molecule has 2 unspecified atom stereocenters. The largest absolute Gasteiger partial charge is 0.320 e. The molecule has 0 spiro atoms. The fourth-order valence-electron chi connectivity index (χ4n) is 2.99. The van der Waals surface area contributed by atoms with Gasteiger partial charge in [-0.2, -0.15) is 0 Å². The lowest BCUT2D eigenvalue weighted by Gasteiger charge is -2.33. The van der Waals surface area contributed by atoms with Crippen LogP contribution < -0.4 is 16.2 Å². The Balaban J connectivity index is 2.37. The van der Waals surface area contributed by atoms with Crippen LogP contribution in [0.25, 0.3) is 0 Å². The number of rotatable bonds is 7. The summed E-state index contributed by atoms with van der Waals surface area (Å²) in [6.07, 6.45) is 11.2. The average Bonchev–Trinajstić information content (AvgIpc) is 2.50. The zero-order valence-corrected chi connectivity index (χ0v) is 13.2. The average molecular weight is 270 g/mol. The van der Waals surface area contributed by atoms with Gasteiger partial charge in [-0.3, -0.25) is 10.3 Å². The number of hydrogen-bond donors (Lipinski definition) is 3. The van der Waals surface area contributed by atoms with E-state index in [1.165, 1.54) is 51.4 Å². The molecule has 114 valence electrons. The van der Waals surface area contributed by atoms with E-state index in [4.69, 9.17) is 0 Å². The van der Waals surface area contributed by atoms with Crippen LogP contribution in [-0.4, -0.2) is 45.3 Å². The summed E-state index contributed by atoms with van der Waals surface area (Å²) in [5.74, 6) is 0.773. The molecular formula is C15H34N4. The van der Waals surface area contributed by atoms with Crippen molar-refractivity contribution in [3.05, 3.63) is 0 Å². The van der Waals surface area contributed by atoms with Crippen LogP contribution >= 0.6 is 0 Å². The number of nitrogens with zero attached hydrogens (tertiary/aromatic N) is 1. The predicted molar refractivity (Wildman–Crippen MR) is 83.0 cm³/mol. The Labute approximate surface area is 119 Å². The summed E-state index contributed by atoms with van der Waals surface area (Å²) in [6.45, 7) is 2.25. The monoisotopic (exact) mass is 270 g/mol. The molecule has 1 saturated heterocycles. The Morgan fingerprint density at radius 3 is 2.68 bits per heavy atom. The zero-order valence-electron chi connectivity index (χ0n) is 13.2. The molecule has 4 heteroatoms. The molecule has 2 atom stereocenters. The molecule has 0 amide bonds. The fraction of sp³-hybridized carbons (Fsp3) is 1.00. The zero-order chi connectivity index (χ0) is 13.9. The molecule has 0 radical (unpaired) electrons. The van der Waals surface area contributed by atoms with Gasteiger partial charge in [0, 0.05) is 6.54 Å². The van der Waals surface area contributed by atoms with Gasteiger partial charge in [0.05, 0.1) is 6.17 Å². The first kappa shape index (κ1) is 16.9. The lowest BCUT2D eigenvalue weighted by molar-refractivity contribution is 0.137. The molecule has 1 aliphatic heterocycles. The molecule has 4 nitrogen and oxygen atoms in total. The van der Waals surface area contributed by atoms with Gasteiger partial charge in [-0.15, -0.1) is 0 Å². The van der Waals surface area contributed by atoms with Crippen LogP contribution in [0.5, 0.6) is 0 Å². The van der Waals surface area contributed by atoms with Crippen LogP contribution in [0.1, 0.15) is 51.4 Å². The minimum atomic E-state index is 0.474. The van der Waals surface area contributed by atoms with Gasteiger partial charge in [0.1, 0.15) is 0 Å². The van der Waals surface area contributed by atoms with Gasteiger partial charge in [0.25, 0.3) is 0 Å². The summed E-state index contributed by atoms with van der Waals surface area (Å²) in [7, 11) is 6.41. The van der Waals surface area contributed by atoms with Crippen LogP contribution in [-0.2, 0) is 0 Å². The second-order valence-electron chi connectivity index (χ2n) is 6.04. The SMILES string of the molecule is CNCCCCCC1CCCCCNNC1N(C)C. The van der Waals surface area contributed by atoms with Gasteiger partial charge >= 0.3 is 0 Å². The molecule has 1 heterocycles. The van der Waals surface area contributed by atoms with Crippen molar-refractivity contribution in [1.29, 1.82) is 0 Å². The molecular weight excluding hydrogens is 236 g/mol. The van der Waals surface area contributed by atoms with E-state index in [0.717, 1.165) is 19.0 Å². The van der Waals surface area contributed by atoms with Crippen LogP contribution in [0.3, 0.4) is 0 Å². The Kier molecular flexibility index (Phi) is 9.43. The smallest absolute Gasteiger partial charge is 0.0752 e. The maximum atomic E-state index is 3.53. The predicted octanol–water partition coefficient (Wildman–Crippen LogP) is 1.94. The fourth-order valence-corrected chi connectivity index (χ4v) is 2.99. The number of unbranched alkanes of at least 4 members (excludes halogenated alkanes) is 2. The molecule has 0 aromatic heterocycles. The normalized spacial score (nSPS) is 25.9. The maximum Gasteiger partial charge on any atom is 0.0752 e. The van der Waals surface area contributed by atoms with Crippen molar-refractivity contribution >= 4 is 0 Å². The van der Waals surface area contributed by atoms with E-state index in [-0.39, 0.29) is 0 Å². The van der Waals surface area contributed by atoms with Crippen LogP contribution in [0.4, 0.5) is 0 Å². The highest BCUT2D eigenvalue weighted by molar-refractivity contribution is 4.75. The molecule has 0 aromatic rings. The topological polar surface area (TPSA) is 39.3 Å². The standard InChI is InChI=1S/C15H34N4/c1-16-12-8-4-6-10-14-11-7-5-9-13-17-18-15(14)19(2)3/h14-18H,4-13H2,1-3H3. The van der Waals surface area contributed by atoms with Gasteiger partial charge in [0.2, 0.25) is 0 Å². The first-order valence-electron chi connectivity index (χ1n) is 8.05. The first-order valence-corrected chi connectivity index (χ1v) is 8.05. The van der Waals surface area contributed by atoms with Crippen molar-refractivity contribution in [1.82, 2.24) is 21.1 Å². The summed E-state index contributed by atoms with van der Waals surface area (Å²) < 4.78 is 0. The third-order valence-electron chi connectivity index (χ3n) is 4.13. The van der Waals surface area contributed by atoms with Gasteiger partial charge in [-0.05, 0) is 59.3 Å². The van der Waals surface area contributed by atoms with Crippen molar-refractivity contribution in [3.8, 4) is 0 Å². The lowest BCUT2D eigenvalue weighted by atomic mass is 9.92. The summed E-state index contributed by atoms with van der Waals surface area (Å²) >= 11 is 0. The summed E-state index contributed by atoms with van der Waals surface area (Å²) in [5.41, 5.74) is 6.92. The highest BCUT2D eigenvalue weighted by Gasteiger charge is 2.23. The molecule has 1 aliphatic rings. The van der Waals surface area contributed by atoms with Crippen molar-refractivity contribution in [2.45, 2.75) is 57.5 Å². The van der Waals surface area contributed by atoms with Crippen molar-refractivity contribution in [2.24, 2.45) is 5.92 Å². The second kappa shape index (κ2) is 10.6. The van der Waals surface area contributed by atoms with Gasteiger partial charge in [-0.25, -0.2) is 5.43 Å². The molecule has 0 aromatic carbocycles. The van der Waals surface area contributed by atoms with E-state index in [2.05, 4.69) is 35.2 Å². The van der Waals surface area contributed by atoms with E-state index in [1.54, 1.807) is 0 Å². The van der Waals surface area contributed by atoms with Gasteiger partial charge in [0.15, 0.2) is 0 Å². The third-order valence-corrected chi connectivity index (χ3v) is 4.13. The third kappa shape index (κ3) is 7.25. The van der Waals surface area contributed by atoms with Crippen molar-refractivity contribution in [3.63, 3.8) is 0 Å². The van der Waals surface area contributed by atoms with E-state index >= 15 is 0 Å². The van der Waals surface area contributed by atoms with E-state index < -0.39 is 0 Å². The highest BCUT2D eigenvalue weighted by Crippen LogP contribution is 2.22. The molecule has 1 rings (SSSR count). The molecule has 0 bridgehead atoms. The van der Waals surface area contributed by atoms with Crippen LogP contribution in [0.2, 0.25) is 0 Å². The Hall–Kier alpha value is -0.160. The summed E-state index contributed by atoms with van der Waals surface area (Å²) in [4.78, 5) is 2.33. The van der Waals surface area contributed by atoms with Crippen molar-refractivity contribution < 1.29 is 0 Å². The second-order valence-corrected chi connectivity index (χ2v) is 6.04. The molecule has 3 N–H and O–H groups in total. The summed E-state index contributed by atoms with van der Waals surface area (Å²) in [6, 6.07) is 0. The Bertz CT molecular complexity index is 208.